The van der Waals surface area contributed by atoms with Gasteiger partial charge in [-0.2, -0.15) is 0 Å². The number of halogens is 1. The van der Waals surface area contributed by atoms with Crippen molar-refractivity contribution in [3.8, 4) is 0 Å². The summed E-state index contributed by atoms with van der Waals surface area (Å²) in [5.74, 6) is 0. The Kier molecular flexibility index (Phi) is 4.54. The number of H-pyrrole nitrogens is 1. The second-order valence-electron chi connectivity index (χ2n) is 5.27. The number of nitrogens with zero attached hydrogens (tertiary/aromatic N) is 1. The molecule has 0 saturated carbocycles. The largest absolute Gasteiger partial charge is 0.361 e. The number of aromatic amines is 1. The molecule has 0 fully saturated rings. The van der Waals surface area contributed by atoms with Gasteiger partial charge >= 0.3 is 0 Å². The number of benzene rings is 1. The maximum atomic E-state index is 6.10. The topological polar surface area (TPSA) is 15.8 Å². The van der Waals surface area contributed by atoms with E-state index >= 15 is 0 Å². The minimum absolute atomic E-state index is 0.815. The van der Waals surface area contributed by atoms with Gasteiger partial charge in [0.2, 0.25) is 0 Å². The first-order valence-corrected chi connectivity index (χ1v) is 7.62. The summed E-state index contributed by atoms with van der Waals surface area (Å²) in [4.78, 5) is 3.34. The molecule has 1 N–H and O–H groups in total. The molecule has 0 aliphatic carbocycles. The van der Waals surface area contributed by atoms with Crippen LogP contribution in [0.25, 0.3) is 10.9 Å². The van der Waals surface area contributed by atoms with Crippen molar-refractivity contribution in [1.29, 1.82) is 0 Å². The highest BCUT2D eigenvalue weighted by atomic mass is 35.5. The van der Waals surface area contributed by atoms with E-state index in [4.69, 9.17) is 11.6 Å². The summed E-state index contributed by atoms with van der Waals surface area (Å²) in [5.41, 5.74) is 2.57. The van der Waals surface area contributed by atoms with Crippen LogP contribution in [-0.4, -0.2) is 35.6 Å². The maximum absolute atomic E-state index is 6.10. The van der Waals surface area contributed by atoms with Crippen molar-refractivity contribution in [3.63, 3.8) is 0 Å². The molecule has 1 aromatic heterocycles. The lowest BCUT2D eigenvalue weighted by Crippen LogP contribution is -2.48. The summed E-state index contributed by atoms with van der Waals surface area (Å²) in [5, 5.41) is 2.09. The number of rotatable bonds is 6. The summed E-state index contributed by atoms with van der Waals surface area (Å²) in [6.07, 6.45) is 3.24. The van der Waals surface area contributed by atoms with Crippen molar-refractivity contribution < 1.29 is 4.48 Å². The molecule has 0 spiro atoms. The molecule has 0 atom stereocenters. The monoisotopic (exact) mass is 279 g/mol. The highest BCUT2D eigenvalue weighted by Crippen LogP contribution is 2.23. The third-order valence-corrected chi connectivity index (χ3v) is 4.83. The van der Waals surface area contributed by atoms with E-state index in [-0.39, 0.29) is 0 Å². The van der Waals surface area contributed by atoms with Crippen LogP contribution in [0.15, 0.2) is 24.4 Å². The van der Waals surface area contributed by atoms with Gasteiger partial charge in [-0.3, -0.25) is 0 Å². The molecule has 3 heteroatoms. The van der Waals surface area contributed by atoms with Crippen LogP contribution in [0.3, 0.4) is 0 Å². The van der Waals surface area contributed by atoms with Crippen LogP contribution in [0, 0.1) is 0 Å². The Balaban J connectivity index is 2.20. The predicted octanol–water partition coefficient (Wildman–Crippen LogP) is 4.24. The maximum Gasteiger partial charge on any atom is 0.0828 e. The number of nitrogens with one attached hydrogen (secondary N) is 1. The summed E-state index contributed by atoms with van der Waals surface area (Å²) in [7, 11) is 0. The summed E-state index contributed by atoms with van der Waals surface area (Å²) >= 11 is 6.10. The first-order chi connectivity index (χ1) is 9.14. The van der Waals surface area contributed by atoms with Crippen LogP contribution >= 0.6 is 11.6 Å². The Morgan fingerprint density at radius 3 is 2.42 bits per heavy atom. The molecule has 0 aliphatic heterocycles. The molecule has 0 amide bonds. The molecule has 19 heavy (non-hydrogen) atoms. The van der Waals surface area contributed by atoms with Gasteiger partial charge < -0.3 is 9.47 Å². The van der Waals surface area contributed by atoms with Gasteiger partial charge in [0, 0.05) is 28.5 Å². The fourth-order valence-corrected chi connectivity index (χ4v) is 3.03. The zero-order chi connectivity index (χ0) is 13.9. The highest BCUT2D eigenvalue weighted by Gasteiger charge is 2.20. The van der Waals surface area contributed by atoms with Crippen LogP contribution in [0.5, 0.6) is 0 Å². The predicted molar refractivity (Wildman–Crippen MR) is 83.8 cm³/mol. The number of hydrogen-bond acceptors (Lipinski definition) is 0. The Morgan fingerprint density at radius 1 is 1.11 bits per heavy atom. The summed E-state index contributed by atoms with van der Waals surface area (Å²) in [6, 6.07) is 6.07. The van der Waals surface area contributed by atoms with Crippen molar-refractivity contribution >= 4 is 22.5 Å². The molecule has 2 rings (SSSR count). The van der Waals surface area contributed by atoms with E-state index in [1.54, 1.807) is 0 Å². The average Bonchev–Trinajstić information content (AvgIpc) is 2.83. The second kappa shape index (κ2) is 5.98. The van der Waals surface area contributed by atoms with Gasteiger partial charge in [-0.15, -0.1) is 0 Å². The molecule has 2 aromatic rings. The third kappa shape index (κ3) is 2.96. The number of hydrogen-bond donors (Lipinski definition) is 1. The van der Waals surface area contributed by atoms with Gasteiger partial charge in [-0.05, 0) is 44.5 Å². The number of quaternary nitrogens is 1. The fourth-order valence-electron chi connectivity index (χ4n) is 2.86. The van der Waals surface area contributed by atoms with Crippen molar-refractivity contribution in [2.45, 2.75) is 27.2 Å². The Bertz CT molecular complexity index is 532. The zero-order valence-corrected chi connectivity index (χ0v) is 12.9. The summed E-state index contributed by atoms with van der Waals surface area (Å²) in [6.45, 7) is 11.7. The second-order valence-corrected chi connectivity index (χ2v) is 5.70. The number of fused-ring (bicyclic) bond motifs is 1. The normalized spacial score (nSPS) is 12.2. The standard InChI is InChI=1S/C16H24ClN2/c1-4-19(5-2,6-3)10-9-13-12-18-16-8-7-14(17)11-15(13)16/h7-8,11-12,18H,4-6,9-10H2,1-3H3/q+1. The molecule has 0 aliphatic rings. The molecule has 2 nitrogen and oxygen atoms in total. The molecule has 1 heterocycles. The van der Waals surface area contributed by atoms with Gasteiger partial charge in [-0.1, -0.05) is 11.6 Å². The van der Waals surface area contributed by atoms with Gasteiger partial charge in [0.1, 0.15) is 0 Å². The van der Waals surface area contributed by atoms with Crippen LogP contribution in [0.4, 0.5) is 0 Å². The van der Waals surface area contributed by atoms with E-state index < -0.39 is 0 Å². The molecule has 104 valence electrons. The Morgan fingerprint density at radius 2 is 1.79 bits per heavy atom. The van der Waals surface area contributed by atoms with Crippen LogP contribution < -0.4 is 0 Å². The summed E-state index contributed by atoms with van der Waals surface area (Å²) < 4.78 is 1.19. The molecule has 0 radical (unpaired) electrons. The average molecular weight is 280 g/mol. The van der Waals surface area contributed by atoms with E-state index in [1.165, 1.54) is 47.1 Å². The fraction of sp³-hybridized carbons (Fsp3) is 0.500. The smallest absolute Gasteiger partial charge is 0.0828 e. The zero-order valence-electron chi connectivity index (χ0n) is 12.2. The number of aromatic nitrogens is 1. The first-order valence-electron chi connectivity index (χ1n) is 7.24. The third-order valence-electron chi connectivity index (χ3n) is 4.60. The molecular weight excluding hydrogens is 256 g/mol. The lowest BCUT2D eigenvalue weighted by molar-refractivity contribution is -0.923. The van der Waals surface area contributed by atoms with Crippen LogP contribution in [-0.2, 0) is 6.42 Å². The molecular formula is C16H24ClN2+. The molecule has 1 aromatic carbocycles. The van der Waals surface area contributed by atoms with Crippen molar-refractivity contribution in [1.82, 2.24) is 4.98 Å². The molecule has 0 bridgehead atoms. The minimum atomic E-state index is 0.815. The van der Waals surface area contributed by atoms with Crippen molar-refractivity contribution in [2.24, 2.45) is 0 Å². The van der Waals surface area contributed by atoms with Gasteiger partial charge in [-0.25, -0.2) is 0 Å². The Labute approximate surface area is 121 Å². The highest BCUT2D eigenvalue weighted by molar-refractivity contribution is 6.31. The minimum Gasteiger partial charge on any atom is -0.361 e. The van der Waals surface area contributed by atoms with Gasteiger partial charge in [0.25, 0.3) is 0 Å². The van der Waals surface area contributed by atoms with Crippen molar-refractivity contribution in [2.75, 3.05) is 26.2 Å². The van der Waals surface area contributed by atoms with E-state index in [9.17, 15) is 0 Å². The molecule has 0 unspecified atom stereocenters. The van der Waals surface area contributed by atoms with Gasteiger partial charge in [0.15, 0.2) is 0 Å². The van der Waals surface area contributed by atoms with E-state index in [2.05, 4.69) is 44.1 Å². The van der Waals surface area contributed by atoms with E-state index in [0.29, 0.717) is 0 Å². The van der Waals surface area contributed by atoms with Gasteiger partial charge in [0.05, 0.1) is 26.2 Å². The van der Waals surface area contributed by atoms with E-state index in [1.807, 2.05) is 6.07 Å². The quantitative estimate of drug-likeness (QED) is 0.761. The van der Waals surface area contributed by atoms with Crippen molar-refractivity contribution in [3.05, 3.63) is 35.0 Å². The Hall–Kier alpha value is -0.990. The lowest BCUT2D eigenvalue weighted by atomic mass is 10.1. The lowest BCUT2D eigenvalue weighted by Gasteiger charge is -2.35. The molecule has 0 saturated heterocycles. The van der Waals surface area contributed by atoms with Crippen LogP contribution in [0.1, 0.15) is 26.3 Å². The SMILES string of the molecule is CC[N+](CC)(CC)CCc1c[nH]c2ccc(Cl)cc12. The van der Waals surface area contributed by atoms with E-state index in [0.717, 1.165) is 11.4 Å². The van der Waals surface area contributed by atoms with Crippen LogP contribution in [0.2, 0.25) is 5.02 Å². The first kappa shape index (κ1) is 14.4. The number of likely N-dealkylation sites (N-methyl/N-ethyl adjacent to an activating group) is 1.